The van der Waals surface area contributed by atoms with Crippen LogP contribution in [0.15, 0.2) is 30.3 Å². The van der Waals surface area contributed by atoms with E-state index in [4.69, 9.17) is 23.2 Å². The minimum absolute atomic E-state index is 0.466. The first-order chi connectivity index (χ1) is 9.10. The molecule has 0 saturated heterocycles. The molecule has 0 aliphatic rings. The lowest BCUT2D eigenvalue weighted by Gasteiger charge is -2.19. The molecule has 2 aromatic rings. The molecule has 1 heterocycles. The monoisotopic (exact) mass is 295 g/mol. The number of anilines is 1. The summed E-state index contributed by atoms with van der Waals surface area (Å²) in [5, 5.41) is 1.22. The highest BCUT2D eigenvalue weighted by Gasteiger charge is 2.09. The van der Waals surface area contributed by atoms with Gasteiger partial charge < -0.3 is 4.90 Å². The van der Waals surface area contributed by atoms with Crippen molar-refractivity contribution in [3.8, 4) is 0 Å². The van der Waals surface area contributed by atoms with Crippen LogP contribution < -0.4 is 4.90 Å². The van der Waals surface area contributed by atoms with E-state index in [-0.39, 0.29) is 0 Å². The molecule has 0 saturated carbocycles. The lowest BCUT2D eigenvalue weighted by Crippen LogP contribution is -2.18. The van der Waals surface area contributed by atoms with Crippen molar-refractivity contribution in [3.63, 3.8) is 0 Å². The van der Waals surface area contributed by atoms with Crippen LogP contribution in [0.2, 0.25) is 10.2 Å². The summed E-state index contributed by atoms with van der Waals surface area (Å²) in [5.74, 6) is 1.55. The third kappa shape index (κ3) is 3.58. The van der Waals surface area contributed by atoms with Gasteiger partial charge in [0.15, 0.2) is 0 Å². The Morgan fingerprint density at radius 3 is 2.58 bits per heavy atom. The molecule has 0 radical (unpaired) electrons. The van der Waals surface area contributed by atoms with E-state index in [1.165, 1.54) is 0 Å². The van der Waals surface area contributed by atoms with Gasteiger partial charge in [0, 0.05) is 31.1 Å². The Hall–Kier alpha value is -1.32. The van der Waals surface area contributed by atoms with E-state index in [9.17, 15) is 0 Å². The number of benzene rings is 1. The summed E-state index contributed by atoms with van der Waals surface area (Å²) in [6.07, 6.45) is 0.757. The lowest BCUT2D eigenvalue weighted by atomic mass is 10.2. The second-order valence-electron chi connectivity index (χ2n) is 4.27. The van der Waals surface area contributed by atoms with Crippen molar-refractivity contribution in [2.75, 3.05) is 11.9 Å². The molecule has 0 bridgehead atoms. The van der Waals surface area contributed by atoms with E-state index >= 15 is 0 Å². The fourth-order valence-corrected chi connectivity index (χ4v) is 2.16. The molecule has 0 atom stereocenters. The first-order valence-electron chi connectivity index (χ1n) is 6.08. The fraction of sp³-hybridized carbons (Fsp3) is 0.286. The van der Waals surface area contributed by atoms with E-state index in [2.05, 4.69) is 9.97 Å². The van der Waals surface area contributed by atoms with E-state index in [1.807, 2.05) is 43.1 Å². The summed E-state index contributed by atoms with van der Waals surface area (Å²) in [6.45, 7) is 2.68. The minimum atomic E-state index is 0.466. The first-order valence-corrected chi connectivity index (χ1v) is 6.83. The Labute approximate surface area is 123 Å². The number of rotatable bonds is 4. The zero-order chi connectivity index (χ0) is 13.8. The summed E-state index contributed by atoms with van der Waals surface area (Å²) in [7, 11) is 1.96. The van der Waals surface area contributed by atoms with Gasteiger partial charge in [0.2, 0.25) is 0 Å². The molecule has 0 unspecified atom stereocenters. The molecule has 0 spiro atoms. The lowest BCUT2D eigenvalue weighted by molar-refractivity contribution is 0.859. The maximum Gasteiger partial charge on any atom is 0.134 e. The van der Waals surface area contributed by atoms with Crippen LogP contribution in [-0.4, -0.2) is 17.0 Å². The topological polar surface area (TPSA) is 29.0 Å². The molecule has 0 amide bonds. The molecule has 1 aromatic heterocycles. The average Bonchev–Trinajstić information content (AvgIpc) is 2.40. The fourth-order valence-electron chi connectivity index (χ4n) is 1.77. The Kier molecular flexibility index (Phi) is 4.61. The van der Waals surface area contributed by atoms with Gasteiger partial charge in [-0.2, -0.15) is 0 Å². The largest absolute Gasteiger partial charge is 0.355 e. The van der Waals surface area contributed by atoms with Gasteiger partial charge in [-0.3, -0.25) is 0 Å². The average molecular weight is 296 g/mol. The van der Waals surface area contributed by atoms with Crippen LogP contribution in [0.4, 0.5) is 5.82 Å². The van der Waals surface area contributed by atoms with Crippen molar-refractivity contribution < 1.29 is 0 Å². The zero-order valence-electron chi connectivity index (χ0n) is 10.9. The van der Waals surface area contributed by atoms with Crippen LogP contribution in [0.5, 0.6) is 0 Å². The number of halogens is 2. The molecule has 0 aliphatic heterocycles. The highest BCUT2D eigenvalue weighted by Crippen LogP contribution is 2.21. The van der Waals surface area contributed by atoms with Crippen molar-refractivity contribution >= 4 is 29.0 Å². The third-order valence-electron chi connectivity index (χ3n) is 2.80. The van der Waals surface area contributed by atoms with Crippen molar-refractivity contribution in [2.45, 2.75) is 19.9 Å². The Morgan fingerprint density at radius 2 is 1.89 bits per heavy atom. The van der Waals surface area contributed by atoms with Gasteiger partial charge in [-0.15, -0.1) is 0 Å². The van der Waals surface area contributed by atoms with Crippen molar-refractivity contribution in [2.24, 2.45) is 0 Å². The van der Waals surface area contributed by atoms with Gasteiger partial charge in [-0.1, -0.05) is 48.3 Å². The van der Waals surface area contributed by atoms with Crippen molar-refractivity contribution in [1.82, 2.24) is 9.97 Å². The number of hydrogen-bond donors (Lipinski definition) is 0. The molecule has 19 heavy (non-hydrogen) atoms. The SMILES string of the molecule is CCc1nc(Cl)cc(N(C)Cc2ccccc2Cl)n1. The summed E-state index contributed by atoms with van der Waals surface area (Å²) in [4.78, 5) is 10.6. The molecule has 100 valence electrons. The summed E-state index contributed by atoms with van der Waals surface area (Å²) in [5.41, 5.74) is 1.06. The van der Waals surface area contributed by atoms with Gasteiger partial charge in [0.1, 0.15) is 16.8 Å². The quantitative estimate of drug-likeness (QED) is 0.799. The van der Waals surface area contributed by atoms with Crippen LogP contribution in [0.1, 0.15) is 18.3 Å². The first kappa shape index (κ1) is 14.1. The van der Waals surface area contributed by atoms with Gasteiger partial charge in [-0.05, 0) is 11.6 Å². The number of nitrogens with zero attached hydrogens (tertiary/aromatic N) is 3. The molecule has 2 rings (SSSR count). The van der Waals surface area contributed by atoms with Crippen LogP contribution in [0, 0.1) is 0 Å². The Morgan fingerprint density at radius 1 is 1.16 bits per heavy atom. The molecule has 1 aromatic carbocycles. The molecular weight excluding hydrogens is 281 g/mol. The highest BCUT2D eigenvalue weighted by molar-refractivity contribution is 6.31. The predicted octanol–water partition coefficient (Wildman–Crippen LogP) is 3.98. The van der Waals surface area contributed by atoms with Crippen molar-refractivity contribution in [3.05, 3.63) is 51.9 Å². The van der Waals surface area contributed by atoms with E-state index in [0.717, 1.165) is 28.6 Å². The van der Waals surface area contributed by atoms with Gasteiger partial charge in [0.05, 0.1) is 0 Å². The van der Waals surface area contributed by atoms with Crippen LogP contribution in [0.3, 0.4) is 0 Å². The second-order valence-corrected chi connectivity index (χ2v) is 5.06. The van der Waals surface area contributed by atoms with Crippen LogP contribution in [0.25, 0.3) is 0 Å². The third-order valence-corrected chi connectivity index (χ3v) is 3.36. The molecular formula is C14H15Cl2N3. The van der Waals surface area contributed by atoms with Crippen LogP contribution in [-0.2, 0) is 13.0 Å². The number of aryl methyl sites for hydroxylation is 1. The normalized spacial score (nSPS) is 10.5. The molecule has 3 nitrogen and oxygen atoms in total. The molecule has 0 fully saturated rings. The van der Waals surface area contributed by atoms with E-state index in [0.29, 0.717) is 11.7 Å². The van der Waals surface area contributed by atoms with Crippen molar-refractivity contribution in [1.29, 1.82) is 0 Å². The van der Waals surface area contributed by atoms with Gasteiger partial charge >= 0.3 is 0 Å². The Balaban J connectivity index is 2.22. The molecule has 0 N–H and O–H groups in total. The van der Waals surface area contributed by atoms with E-state index < -0.39 is 0 Å². The number of hydrogen-bond acceptors (Lipinski definition) is 3. The summed E-state index contributed by atoms with van der Waals surface area (Å²) < 4.78 is 0. The standard InChI is InChI=1S/C14H15Cl2N3/c1-3-13-17-12(16)8-14(18-13)19(2)9-10-6-4-5-7-11(10)15/h4-8H,3,9H2,1-2H3. The smallest absolute Gasteiger partial charge is 0.134 e. The summed E-state index contributed by atoms with van der Waals surface area (Å²) in [6, 6.07) is 9.54. The number of aromatic nitrogens is 2. The van der Waals surface area contributed by atoms with Gasteiger partial charge in [0.25, 0.3) is 0 Å². The molecule has 0 aliphatic carbocycles. The zero-order valence-corrected chi connectivity index (χ0v) is 12.4. The summed E-state index contributed by atoms with van der Waals surface area (Å²) >= 11 is 12.2. The second kappa shape index (κ2) is 6.22. The molecule has 5 heteroatoms. The highest BCUT2D eigenvalue weighted by atomic mass is 35.5. The van der Waals surface area contributed by atoms with Crippen LogP contribution >= 0.6 is 23.2 Å². The minimum Gasteiger partial charge on any atom is -0.355 e. The maximum atomic E-state index is 6.16. The maximum absolute atomic E-state index is 6.16. The van der Waals surface area contributed by atoms with E-state index in [1.54, 1.807) is 6.07 Å². The van der Waals surface area contributed by atoms with Gasteiger partial charge in [-0.25, -0.2) is 9.97 Å². The Bertz CT molecular complexity index is 572. The predicted molar refractivity (Wildman–Crippen MR) is 80.0 cm³/mol.